The van der Waals surface area contributed by atoms with E-state index in [1.54, 1.807) is 20.3 Å². The van der Waals surface area contributed by atoms with Crippen molar-refractivity contribution in [2.45, 2.75) is 19.8 Å². The predicted molar refractivity (Wildman–Crippen MR) is 98.8 cm³/mol. The SMILES string of the molecule is COc1cc(C)c(NC(=O)CCc2nc(-c3cccs3)no2)cc1OC. The smallest absolute Gasteiger partial charge is 0.227 e. The number of methoxy groups -OCH3 is 2. The average molecular weight is 373 g/mol. The number of aromatic nitrogens is 2. The molecule has 0 radical (unpaired) electrons. The van der Waals surface area contributed by atoms with Crippen molar-refractivity contribution in [3.63, 3.8) is 0 Å². The molecule has 1 amide bonds. The number of benzene rings is 1. The van der Waals surface area contributed by atoms with Crippen molar-refractivity contribution in [3.8, 4) is 22.2 Å². The number of aryl methyl sites for hydroxylation is 2. The number of nitrogens with zero attached hydrogens (tertiary/aromatic N) is 2. The largest absolute Gasteiger partial charge is 0.493 e. The first kappa shape index (κ1) is 17.9. The number of hydrogen-bond acceptors (Lipinski definition) is 7. The van der Waals surface area contributed by atoms with E-state index < -0.39 is 0 Å². The van der Waals surface area contributed by atoms with Crippen molar-refractivity contribution in [2.24, 2.45) is 0 Å². The zero-order chi connectivity index (χ0) is 18.5. The van der Waals surface area contributed by atoms with Crippen LogP contribution in [-0.2, 0) is 11.2 Å². The monoisotopic (exact) mass is 373 g/mol. The number of thiophene rings is 1. The van der Waals surface area contributed by atoms with Gasteiger partial charge < -0.3 is 19.3 Å². The highest BCUT2D eigenvalue weighted by atomic mass is 32.1. The zero-order valence-corrected chi connectivity index (χ0v) is 15.6. The Hall–Kier alpha value is -2.87. The number of amides is 1. The molecule has 0 saturated carbocycles. The van der Waals surface area contributed by atoms with Crippen LogP contribution in [0.4, 0.5) is 5.69 Å². The van der Waals surface area contributed by atoms with E-state index in [1.807, 2.05) is 30.5 Å². The van der Waals surface area contributed by atoms with Gasteiger partial charge in [0.25, 0.3) is 0 Å². The molecule has 7 nitrogen and oxygen atoms in total. The van der Waals surface area contributed by atoms with Crippen LogP contribution in [0.3, 0.4) is 0 Å². The molecule has 0 saturated heterocycles. The number of carbonyl (C=O) groups excluding carboxylic acids is 1. The number of carbonyl (C=O) groups is 1. The molecule has 8 heteroatoms. The first-order valence-electron chi connectivity index (χ1n) is 7.99. The van der Waals surface area contributed by atoms with Gasteiger partial charge in [0.2, 0.25) is 17.6 Å². The molecule has 3 aromatic rings. The third-order valence-corrected chi connectivity index (χ3v) is 4.65. The minimum absolute atomic E-state index is 0.142. The van der Waals surface area contributed by atoms with Crippen LogP contribution in [0.2, 0.25) is 0 Å². The molecule has 136 valence electrons. The van der Waals surface area contributed by atoms with Crippen LogP contribution in [0.25, 0.3) is 10.7 Å². The normalized spacial score (nSPS) is 10.6. The summed E-state index contributed by atoms with van der Waals surface area (Å²) in [6.07, 6.45) is 0.608. The van der Waals surface area contributed by atoms with Crippen molar-refractivity contribution in [1.82, 2.24) is 10.1 Å². The van der Waals surface area contributed by atoms with Crippen LogP contribution in [0, 0.1) is 6.92 Å². The summed E-state index contributed by atoms with van der Waals surface area (Å²) in [5.74, 6) is 2.02. The number of hydrogen-bond donors (Lipinski definition) is 1. The van der Waals surface area contributed by atoms with E-state index in [2.05, 4.69) is 15.5 Å². The van der Waals surface area contributed by atoms with Gasteiger partial charge in [-0.1, -0.05) is 11.2 Å². The van der Waals surface area contributed by atoms with E-state index in [9.17, 15) is 4.79 Å². The van der Waals surface area contributed by atoms with Gasteiger partial charge in [-0.3, -0.25) is 4.79 Å². The molecule has 2 heterocycles. The minimum atomic E-state index is -0.142. The van der Waals surface area contributed by atoms with Crippen LogP contribution >= 0.6 is 11.3 Å². The lowest BCUT2D eigenvalue weighted by Gasteiger charge is -2.13. The Morgan fingerprint density at radius 1 is 1.27 bits per heavy atom. The summed E-state index contributed by atoms with van der Waals surface area (Å²) in [6, 6.07) is 7.41. The molecular formula is C18H19N3O4S. The van der Waals surface area contributed by atoms with Gasteiger partial charge in [0.05, 0.1) is 19.1 Å². The Bertz CT molecular complexity index is 890. The first-order valence-corrected chi connectivity index (χ1v) is 8.87. The fourth-order valence-corrected chi connectivity index (χ4v) is 3.06. The zero-order valence-electron chi connectivity index (χ0n) is 14.7. The maximum absolute atomic E-state index is 12.3. The average Bonchev–Trinajstić information content (AvgIpc) is 3.32. The molecule has 0 fully saturated rings. The van der Waals surface area contributed by atoms with Crippen LogP contribution in [0.5, 0.6) is 11.5 Å². The maximum atomic E-state index is 12.3. The van der Waals surface area contributed by atoms with Gasteiger partial charge in [0.15, 0.2) is 11.5 Å². The van der Waals surface area contributed by atoms with Gasteiger partial charge in [-0.2, -0.15) is 4.98 Å². The van der Waals surface area contributed by atoms with Gasteiger partial charge in [-0.05, 0) is 30.0 Å². The lowest BCUT2D eigenvalue weighted by Crippen LogP contribution is -2.13. The highest BCUT2D eigenvalue weighted by Crippen LogP contribution is 2.33. The first-order chi connectivity index (χ1) is 12.6. The van der Waals surface area contributed by atoms with Gasteiger partial charge in [0.1, 0.15) is 0 Å². The van der Waals surface area contributed by atoms with Crippen LogP contribution < -0.4 is 14.8 Å². The minimum Gasteiger partial charge on any atom is -0.493 e. The number of rotatable bonds is 7. The van der Waals surface area contributed by atoms with Crippen LogP contribution in [0.1, 0.15) is 17.9 Å². The van der Waals surface area contributed by atoms with E-state index in [4.69, 9.17) is 14.0 Å². The quantitative estimate of drug-likeness (QED) is 0.680. The number of ether oxygens (including phenoxy) is 2. The van der Waals surface area contributed by atoms with Crippen LogP contribution in [0.15, 0.2) is 34.2 Å². The second kappa shape index (κ2) is 8.01. The molecular weight excluding hydrogens is 354 g/mol. The van der Waals surface area contributed by atoms with Gasteiger partial charge >= 0.3 is 0 Å². The van der Waals surface area contributed by atoms with E-state index in [0.717, 1.165) is 10.4 Å². The second-order valence-corrected chi connectivity index (χ2v) is 6.51. The van der Waals surface area contributed by atoms with E-state index >= 15 is 0 Å². The Morgan fingerprint density at radius 3 is 2.73 bits per heavy atom. The molecule has 1 N–H and O–H groups in total. The summed E-state index contributed by atoms with van der Waals surface area (Å²) in [5.41, 5.74) is 1.56. The topological polar surface area (TPSA) is 86.5 Å². The summed E-state index contributed by atoms with van der Waals surface area (Å²) in [6.45, 7) is 1.89. The fraction of sp³-hybridized carbons (Fsp3) is 0.278. The molecule has 2 aromatic heterocycles. The Labute approximate surface area is 154 Å². The van der Waals surface area contributed by atoms with Gasteiger partial charge in [-0.15, -0.1) is 11.3 Å². The fourth-order valence-electron chi connectivity index (χ4n) is 2.41. The van der Waals surface area contributed by atoms with Crippen molar-refractivity contribution >= 4 is 22.9 Å². The molecule has 0 bridgehead atoms. The summed E-state index contributed by atoms with van der Waals surface area (Å²) in [4.78, 5) is 17.5. The summed E-state index contributed by atoms with van der Waals surface area (Å²) in [5, 5.41) is 8.77. The van der Waals surface area contributed by atoms with Crippen molar-refractivity contribution in [1.29, 1.82) is 0 Å². The third-order valence-electron chi connectivity index (χ3n) is 3.78. The predicted octanol–water partition coefficient (Wildman–Crippen LogP) is 3.70. The molecule has 0 spiro atoms. The lowest BCUT2D eigenvalue weighted by molar-refractivity contribution is -0.116. The molecule has 0 atom stereocenters. The van der Waals surface area contributed by atoms with Crippen molar-refractivity contribution in [2.75, 3.05) is 19.5 Å². The van der Waals surface area contributed by atoms with E-state index in [-0.39, 0.29) is 12.3 Å². The highest BCUT2D eigenvalue weighted by molar-refractivity contribution is 7.13. The maximum Gasteiger partial charge on any atom is 0.227 e. The highest BCUT2D eigenvalue weighted by Gasteiger charge is 2.14. The molecule has 26 heavy (non-hydrogen) atoms. The summed E-state index contributed by atoms with van der Waals surface area (Å²) < 4.78 is 15.7. The molecule has 0 aliphatic rings. The van der Waals surface area contributed by atoms with Crippen molar-refractivity contribution < 1.29 is 18.8 Å². The summed E-state index contributed by atoms with van der Waals surface area (Å²) >= 11 is 1.54. The van der Waals surface area contributed by atoms with E-state index in [1.165, 1.54) is 11.3 Å². The molecule has 0 aliphatic carbocycles. The number of nitrogens with one attached hydrogen (secondary N) is 1. The standard InChI is InChI=1S/C18H19N3O4S/c1-11-9-13(23-2)14(24-3)10-12(11)19-16(22)6-7-17-20-18(21-25-17)15-5-4-8-26-15/h4-5,8-10H,6-7H2,1-3H3,(H,19,22). The second-order valence-electron chi connectivity index (χ2n) is 5.56. The third kappa shape index (κ3) is 4.02. The van der Waals surface area contributed by atoms with Crippen molar-refractivity contribution in [3.05, 3.63) is 41.1 Å². The Kier molecular flexibility index (Phi) is 5.52. The Morgan fingerprint density at radius 2 is 2.04 bits per heavy atom. The number of anilines is 1. The van der Waals surface area contributed by atoms with E-state index in [0.29, 0.717) is 35.3 Å². The van der Waals surface area contributed by atoms with Gasteiger partial charge in [0, 0.05) is 24.6 Å². The molecule has 3 rings (SSSR count). The molecule has 0 aliphatic heterocycles. The lowest BCUT2D eigenvalue weighted by atomic mass is 10.1. The Balaban J connectivity index is 1.61. The molecule has 0 unspecified atom stereocenters. The van der Waals surface area contributed by atoms with Gasteiger partial charge in [-0.25, -0.2) is 0 Å². The van der Waals surface area contributed by atoms with Crippen LogP contribution in [-0.4, -0.2) is 30.3 Å². The molecule has 1 aromatic carbocycles. The summed E-state index contributed by atoms with van der Waals surface area (Å²) in [7, 11) is 3.13.